The van der Waals surface area contributed by atoms with Crippen LogP contribution in [0.5, 0.6) is 0 Å². The Kier molecular flexibility index (Phi) is 3.40. The van der Waals surface area contributed by atoms with E-state index in [0.29, 0.717) is 22.1 Å². The predicted octanol–water partition coefficient (Wildman–Crippen LogP) is 2.59. The smallest absolute Gasteiger partial charge is 0.275 e. The summed E-state index contributed by atoms with van der Waals surface area (Å²) in [4.78, 5) is 29.6. The van der Waals surface area contributed by atoms with Gasteiger partial charge in [0.1, 0.15) is 5.69 Å². The van der Waals surface area contributed by atoms with Gasteiger partial charge in [0, 0.05) is 13.5 Å². The minimum atomic E-state index is -0.254. The first kappa shape index (κ1) is 14.9. The van der Waals surface area contributed by atoms with Gasteiger partial charge in [-0.15, -0.1) is 0 Å². The highest BCUT2D eigenvalue weighted by Gasteiger charge is 2.34. The number of nitrogens with zero attached hydrogens (tertiary/aromatic N) is 3. The molecule has 1 N–H and O–H groups in total. The molecule has 0 saturated heterocycles. The maximum Gasteiger partial charge on any atom is 0.275 e. The Morgan fingerprint density at radius 2 is 2.14 bits per heavy atom. The van der Waals surface area contributed by atoms with E-state index >= 15 is 0 Å². The van der Waals surface area contributed by atoms with Crippen molar-refractivity contribution in [1.82, 2.24) is 14.8 Å². The second kappa shape index (κ2) is 5.01. The molecule has 0 fully saturated rings. The molecule has 116 valence electrons. The van der Waals surface area contributed by atoms with Crippen LogP contribution in [0, 0.1) is 12.3 Å². The van der Waals surface area contributed by atoms with Crippen LogP contribution in [-0.4, -0.2) is 26.5 Å². The lowest BCUT2D eigenvalue weighted by Crippen LogP contribution is -2.26. The lowest BCUT2D eigenvalue weighted by atomic mass is 9.78. The largest absolute Gasteiger partial charge is 0.296 e. The molecule has 0 atom stereocenters. The third kappa shape index (κ3) is 2.56. The Bertz CT molecular complexity index is 753. The Hall–Kier alpha value is -2.02. The summed E-state index contributed by atoms with van der Waals surface area (Å²) < 4.78 is 1.53. The number of hydrogen-bond donors (Lipinski definition) is 1. The van der Waals surface area contributed by atoms with Crippen LogP contribution >= 0.6 is 11.3 Å². The van der Waals surface area contributed by atoms with Crippen molar-refractivity contribution in [1.29, 1.82) is 0 Å². The van der Waals surface area contributed by atoms with E-state index < -0.39 is 0 Å². The van der Waals surface area contributed by atoms with Gasteiger partial charge in [0.05, 0.1) is 16.8 Å². The number of aromatic nitrogens is 3. The maximum atomic E-state index is 12.3. The molecule has 7 heteroatoms. The Labute approximate surface area is 132 Å². The molecule has 2 heterocycles. The first-order chi connectivity index (χ1) is 10.3. The van der Waals surface area contributed by atoms with E-state index in [1.807, 2.05) is 6.92 Å². The lowest BCUT2D eigenvalue weighted by Gasteiger charge is -2.26. The Morgan fingerprint density at radius 3 is 2.77 bits per heavy atom. The number of thiazole rings is 1. The van der Waals surface area contributed by atoms with E-state index in [0.717, 1.165) is 17.7 Å². The van der Waals surface area contributed by atoms with E-state index in [-0.39, 0.29) is 17.1 Å². The van der Waals surface area contributed by atoms with Crippen molar-refractivity contribution < 1.29 is 9.59 Å². The van der Waals surface area contributed by atoms with Gasteiger partial charge in [0.15, 0.2) is 10.9 Å². The Balaban J connectivity index is 1.86. The molecule has 2 aromatic heterocycles. The fraction of sp³-hybridized carbons (Fsp3) is 0.467. The molecule has 1 amide bonds. The van der Waals surface area contributed by atoms with Gasteiger partial charge >= 0.3 is 0 Å². The van der Waals surface area contributed by atoms with Crippen LogP contribution in [0.15, 0.2) is 6.20 Å². The highest BCUT2D eigenvalue weighted by Crippen LogP contribution is 2.38. The topological polar surface area (TPSA) is 76.9 Å². The fourth-order valence-electron chi connectivity index (χ4n) is 2.80. The molecule has 0 aromatic carbocycles. The van der Waals surface area contributed by atoms with E-state index in [2.05, 4.69) is 29.2 Å². The third-order valence-electron chi connectivity index (χ3n) is 3.79. The number of carbonyl (C=O) groups is 2. The number of fused-ring (bicyclic) bond motifs is 1. The SMILES string of the molecule is Cc1cnn(C)c1C(=O)Nc1nc2c(s1)C(=O)CC(C)(C)C2. The third-order valence-corrected chi connectivity index (χ3v) is 4.85. The van der Waals surface area contributed by atoms with Crippen LogP contribution in [0.4, 0.5) is 5.13 Å². The normalized spacial score (nSPS) is 16.5. The molecule has 1 aliphatic carbocycles. The van der Waals surface area contributed by atoms with Crippen LogP contribution in [0.3, 0.4) is 0 Å². The summed E-state index contributed by atoms with van der Waals surface area (Å²) in [5, 5.41) is 7.32. The number of carbonyl (C=O) groups excluding carboxylic acids is 2. The highest BCUT2D eigenvalue weighted by molar-refractivity contribution is 7.17. The number of anilines is 1. The maximum absolute atomic E-state index is 12.3. The summed E-state index contributed by atoms with van der Waals surface area (Å²) in [5.41, 5.74) is 2.03. The second-order valence-electron chi connectivity index (χ2n) is 6.49. The van der Waals surface area contributed by atoms with Gasteiger partial charge in [-0.05, 0) is 24.3 Å². The van der Waals surface area contributed by atoms with Crippen molar-refractivity contribution >= 4 is 28.2 Å². The van der Waals surface area contributed by atoms with Crippen molar-refractivity contribution in [2.75, 3.05) is 5.32 Å². The number of hydrogen-bond acceptors (Lipinski definition) is 5. The number of rotatable bonds is 2. The summed E-state index contributed by atoms with van der Waals surface area (Å²) in [6, 6.07) is 0. The van der Waals surface area contributed by atoms with Gasteiger partial charge in [-0.25, -0.2) is 4.98 Å². The van der Waals surface area contributed by atoms with Crippen LogP contribution in [0.25, 0.3) is 0 Å². The monoisotopic (exact) mass is 318 g/mol. The molecule has 3 rings (SSSR count). The molecule has 0 spiro atoms. The van der Waals surface area contributed by atoms with Crippen molar-refractivity contribution in [3.05, 3.63) is 28.0 Å². The standard InChI is InChI=1S/C15H18N4O2S/c1-8-7-16-19(4)11(8)13(21)18-14-17-9-5-15(2,3)6-10(20)12(9)22-14/h7H,5-6H2,1-4H3,(H,17,18,21). The van der Waals surface area contributed by atoms with Crippen LogP contribution in [0.1, 0.15) is 51.7 Å². The van der Waals surface area contributed by atoms with Gasteiger partial charge in [0.2, 0.25) is 0 Å². The first-order valence-corrected chi connectivity index (χ1v) is 7.91. The molecule has 2 aromatic rings. The molecule has 0 aliphatic heterocycles. The van der Waals surface area contributed by atoms with Gasteiger partial charge < -0.3 is 0 Å². The predicted molar refractivity (Wildman–Crippen MR) is 84.4 cm³/mol. The molecule has 1 aliphatic rings. The molecule has 0 saturated carbocycles. The zero-order valence-electron chi connectivity index (χ0n) is 13.1. The summed E-state index contributed by atoms with van der Waals surface area (Å²) in [5.74, 6) is -0.142. The molecule has 0 radical (unpaired) electrons. The van der Waals surface area contributed by atoms with E-state index in [4.69, 9.17) is 0 Å². The first-order valence-electron chi connectivity index (χ1n) is 7.10. The minimum absolute atomic E-state index is 0.0714. The highest BCUT2D eigenvalue weighted by atomic mass is 32.1. The van der Waals surface area contributed by atoms with Crippen LogP contribution < -0.4 is 5.32 Å². The zero-order valence-corrected chi connectivity index (χ0v) is 13.9. The van der Waals surface area contributed by atoms with E-state index in [1.165, 1.54) is 16.0 Å². The number of amides is 1. The van der Waals surface area contributed by atoms with Gasteiger partial charge in [-0.1, -0.05) is 25.2 Å². The van der Waals surface area contributed by atoms with Crippen molar-refractivity contribution in [2.45, 2.75) is 33.6 Å². The summed E-state index contributed by atoms with van der Waals surface area (Å²) in [6.45, 7) is 5.95. The van der Waals surface area contributed by atoms with E-state index in [9.17, 15) is 9.59 Å². The molecular weight excluding hydrogens is 300 g/mol. The number of nitrogens with one attached hydrogen (secondary N) is 1. The van der Waals surface area contributed by atoms with Crippen LogP contribution in [-0.2, 0) is 13.5 Å². The van der Waals surface area contributed by atoms with Crippen molar-refractivity contribution in [2.24, 2.45) is 12.5 Å². The van der Waals surface area contributed by atoms with Crippen LogP contribution in [0.2, 0.25) is 0 Å². The quantitative estimate of drug-likeness (QED) is 0.923. The fourth-order valence-corrected chi connectivity index (χ4v) is 3.72. The molecule has 0 unspecified atom stereocenters. The molecular formula is C15H18N4O2S. The second-order valence-corrected chi connectivity index (χ2v) is 7.49. The van der Waals surface area contributed by atoms with Crippen molar-refractivity contribution in [3.8, 4) is 0 Å². The zero-order chi connectivity index (χ0) is 16.1. The molecule has 22 heavy (non-hydrogen) atoms. The van der Waals surface area contributed by atoms with E-state index in [1.54, 1.807) is 13.2 Å². The minimum Gasteiger partial charge on any atom is -0.296 e. The molecule has 0 bridgehead atoms. The van der Waals surface area contributed by atoms with Gasteiger partial charge in [-0.2, -0.15) is 5.10 Å². The van der Waals surface area contributed by atoms with Gasteiger partial charge in [0.25, 0.3) is 5.91 Å². The Morgan fingerprint density at radius 1 is 1.41 bits per heavy atom. The lowest BCUT2D eigenvalue weighted by molar-refractivity contribution is 0.0915. The summed E-state index contributed by atoms with van der Waals surface area (Å²) >= 11 is 1.26. The number of aryl methyl sites for hydroxylation is 2. The summed E-state index contributed by atoms with van der Waals surface area (Å²) in [6.07, 6.45) is 2.93. The number of Topliss-reactive ketones (excluding diaryl/α,β-unsaturated/α-hetero) is 1. The van der Waals surface area contributed by atoms with Crippen molar-refractivity contribution in [3.63, 3.8) is 0 Å². The summed E-state index contributed by atoms with van der Waals surface area (Å²) in [7, 11) is 1.72. The average molecular weight is 318 g/mol. The van der Waals surface area contributed by atoms with Gasteiger partial charge in [-0.3, -0.25) is 19.6 Å². The number of ketones is 1. The molecule has 6 nitrogen and oxygen atoms in total. The average Bonchev–Trinajstić information content (AvgIpc) is 2.91.